The number of hydrogen-bond acceptors (Lipinski definition) is 4. The molecule has 1 N–H and O–H groups in total. The first-order valence-electron chi connectivity index (χ1n) is 13.8. The highest BCUT2D eigenvalue weighted by Gasteiger charge is 2.39. The molecule has 1 atom stereocenters. The van der Waals surface area contributed by atoms with Crippen LogP contribution in [0.1, 0.15) is 50.2 Å². The number of rotatable bonds is 9. The Balaban J connectivity index is 1.51. The average Bonchev–Trinajstić information content (AvgIpc) is 2.94. The van der Waals surface area contributed by atoms with Gasteiger partial charge < -0.3 is 10.2 Å². The number of alkyl halides is 6. The number of benzene rings is 2. The fourth-order valence-corrected chi connectivity index (χ4v) is 5.17. The van der Waals surface area contributed by atoms with Crippen LogP contribution in [0.3, 0.4) is 0 Å². The maximum absolute atomic E-state index is 13.6. The molecule has 2 heterocycles. The Morgan fingerprint density at radius 2 is 1.64 bits per heavy atom. The molecule has 0 saturated carbocycles. The number of aromatic nitrogens is 1. The number of aryl methyl sites for hydroxylation is 2. The molecule has 0 bridgehead atoms. The largest absolute Gasteiger partial charge is 0.416 e. The van der Waals surface area contributed by atoms with Crippen molar-refractivity contribution >= 4 is 5.91 Å². The number of carbonyl (C=O) groups excluding carboxylic acids is 1. The summed E-state index contributed by atoms with van der Waals surface area (Å²) >= 11 is 0. The Hall–Kier alpha value is -3.44. The van der Waals surface area contributed by atoms with Gasteiger partial charge in [-0.25, -0.2) is 0 Å². The van der Waals surface area contributed by atoms with E-state index in [0.717, 1.165) is 41.8 Å². The number of amides is 1. The standard InChI is InChI=1S/C31H34F6N4O/c1-21-6-7-23(13-22(21)2)14-28-20-40(10-4-9-39-19-24-5-3-8-38-18-24)11-12-41(28)29(42)25-15-26(30(32,33)34)17-27(16-25)31(35,36)37/h3,5-8,13,15-18,28,39H,4,9-12,14,19-20H2,1-2H3/t28-/m1/s1. The van der Waals surface area contributed by atoms with Crippen LogP contribution in [0.2, 0.25) is 0 Å². The van der Waals surface area contributed by atoms with Gasteiger partial charge in [0.15, 0.2) is 0 Å². The summed E-state index contributed by atoms with van der Waals surface area (Å²) in [4.78, 5) is 21.3. The lowest BCUT2D eigenvalue weighted by Crippen LogP contribution is -2.56. The molecule has 1 fully saturated rings. The summed E-state index contributed by atoms with van der Waals surface area (Å²) in [6.07, 6.45) is -5.30. The molecular formula is C31H34F6N4O. The van der Waals surface area contributed by atoms with E-state index >= 15 is 0 Å². The quantitative estimate of drug-likeness (QED) is 0.235. The lowest BCUT2D eigenvalue weighted by atomic mass is 9.97. The lowest BCUT2D eigenvalue weighted by molar-refractivity contribution is -0.143. The van der Waals surface area contributed by atoms with Crippen LogP contribution in [-0.2, 0) is 25.3 Å². The minimum Gasteiger partial charge on any atom is -0.333 e. The number of carbonyl (C=O) groups is 1. The topological polar surface area (TPSA) is 48.5 Å². The van der Waals surface area contributed by atoms with E-state index in [1.807, 2.05) is 44.2 Å². The fraction of sp³-hybridized carbons (Fsp3) is 0.419. The summed E-state index contributed by atoms with van der Waals surface area (Å²) in [5.41, 5.74) is 0.565. The maximum atomic E-state index is 13.6. The predicted octanol–water partition coefficient (Wildman–Crippen LogP) is 6.29. The molecule has 42 heavy (non-hydrogen) atoms. The second-order valence-electron chi connectivity index (χ2n) is 10.8. The number of hydrogen-bond donors (Lipinski definition) is 1. The minimum atomic E-state index is -5.03. The highest BCUT2D eigenvalue weighted by molar-refractivity contribution is 5.95. The molecule has 5 nitrogen and oxygen atoms in total. The van der Waals surface area contributed by atoms with Crippen LogP contribution in [0.15, 0.2) is 60.9 Å². The van der Waals surface area contributed by atoms with E-state index in [0.29, 0.717) is 38.2 Å². The smallest absolute Gasteiger partial charge is 0.333 e. The first-order chi connectivity index (χ1) is 19.8. The van der Waals surface area contributed by atoms with Gasteiger partial charge in [-0.3, -0.25) is 14.7 Å². The SMILES string of the molecule is Cc1ccc(C[C@@H]2CN(CCCNCc3cccnc3)CCN2C(=O)c2cc(C(F)(F)F)cc(C(F)(F)F)c2)cc1C. The zero-order chi connectivity index (χ0) is 30.5. The number of halogens is 6. The normalized spacial score (nSPS) is 16.6. The molecule has 4 rings (SSSR count). The number of nitrogens with zero attached hydrogens (tertiary/aromatic N) is 3. The highest BCUT2D eigenvalue weighted by Crippen LogP contribution is 2.37. The number of pyridine rings is 1. The van der Waals surface area contributed by atoms with Gasteiger partial charge in [0.05, 0.1) is 11.1 Å². The van der Waals surface area contributed by atoms with Crippen LogP contribution in [0.4, 0.5) is 26.3 Å². The molecule has 0 aliphatic carbocycles. The molecule has 11 heteroatoms. The maximum Gasteiger partial charge on any atom is 0.416 e. The molecular weight excluding hydrogens is 558 g/mol. The van der Waals surface area contributed by atoms with Gasteiger partial charge in [0, 0.05) is 50.2 Å². The van der Waals surface area contributed by atoms with Gasteiger partial charge in [-0.2, -0.15) is 26.3 Å². The van der Waals surface area contributed by atoms with Crippen LogP contribution in [0.5, 0.6) is 0 Å². The van der Waals surface area contributed by atoms with Crippen LogP contribution in [0.25, 0.3) is 0 Å². The first-order valence-corrected chi connectivity index (χ1v) is 13.8. The van der Waals surface area contributed by atoms with Gasteiger partial charge >= 0.3 is 12.4 Å². The molecule has 2 aromatic carbocycles. The van der Waals surface area contributed by atoms with Gasteiger partial charge in [-0.1, -0.05) is 24.3 Å². The van der Waals surface area contributed by atoms with Crippen molar-refractivity contribution in [2.45, 2.75) is 51.6 Å². The Bertz CT molecular complexity index is 1330. The van der Waals surface area contributed by atoms with Crippen LogP contribution in [-0.4, -0.2) is 59.5 Å². The van der Waals surface area contributed by atoms with E-state index in [1.54, 1.807) is 12.4 Å². The van der Waals surface area contributed by atoms with Crippen molar-refractivity contribution in [2.24, 2.45) is 0 Å². The van der Waals surface area contributed by atoms with Crippen molar-refractivity contribution in [2.75, 3.05) is 32.7 Å². The summed E-state index contributed by atoms with van der Waals surface area (Å²) < 4.78 is 80.9. The predicted molar refractivity (Wildman–Crippen MR) is 148 cm³/mol. The summed E-state index contributed by atoms with van der Waals surface area (Å²) in [5.74, 6) is -0.835. The number of piperazine rings is 1. The van der Waals surface area contributed by atoms with Gasteiger partial charge in [0.1, 0.15) is 0 Å². The van der Waals surface area contributed by atoms with Crippen molar-refractivity contribution in [3.05, 3.63) is 99.9 Å². The van der Waals surface area contributed by atoms with Crippen LogP contribution < -0.4 is 5.32 Å². The third-order valence-corrected chi connectivity index (χ3v) is 7.58. The average molecular weight is 593 g/mol. The second kappa shape index (κ2) is 13.2. The van der Waals surface area contributed by atoms with Crippen molar-refractivity contribution in [3.8, 4) is 0 Å². The van der Waals surface area contributed by atoms with Gasteiger partial charge in [0.25, 0.3) is 5.91 Å². The molecule has 3 aromatic rings. The summed E-state index contributed by atoms with van der Waals surface area (Å²) in [6, 6.07) is 10.4. The lowest BCUT2D eigenvalue weighted by Gasteiger charge is -2.42. The summed E-state index contributed by atoms with van der Waals surface area (Å²) in [5, 5.41) is 3.37. The van der Waals surface area contributed by atoms with E-state index in [4.69, 9.17) is 0 Å². The van der Waals surface area contributed by atoms with Gasteiger partial charge in [-0.15, -0.1) is 0 Å². The Morgan fingerprint density at radius 1 is 0.929 bits per heavy atom. The van der Waals surface area contributed by atoms with E-state index in [2.05, 4.69) is 15.2 Å². The zero-order valence-corrected chi connectivity index (χ0v) is 23.5. The third-order valence-electron chi connectivity index (χ3n) is 7.58. The summed E-state index contributed by atoms with van der Waals surface area (Å²) in [6.45, 7) is 7.21. The molecule has 1 aliphatic heterocycles. The molecule has 1 aromatic heterocycles. The zero-order valence-electron chi connectivity index (χ0n) is 23.5. The molecule has 0 spiro atoms. The van der Waals surface area contributed by atoms with E-state index < -0.39 is 41.0 Å². The summed E-state index contributed by atoms with van der Waals surface area (Å²) in [7, 11) is 0. The monoisotopic (exact) mass is 592 g/mol. The first kappa shape index (κ1) is 31.5. The molecule has 226 valence electrons. The van der Waals surface area contributed by atoms with Crippen molar-refractivity contribution in [1.29, 1.82) is 0 Å². The van der Waals surface area contributed by atoms with Crippen molar-refractivity contribution < 1.29 is 31.1 Å². The Morgan fingerprint density at radius 3 is 2.26 bits per heavy atom. The highest BCUT2D eigenvalue weighted by atomic mass is 19.4. The van der Waals surface area contributed by atoms with Gasteiger partial charge in [-0.05, 0) is 86.3 Å². The molecule has 1 aliphatic rings. The Kier molecular flexibility index (Phi) is 9.93. The van der Waals surface area contributed by atoms with Gasteiger partial charge in [0.2, 0.25) is 0 Å². The molecule has 0 unspecified atom stereocenters. The molecule has 1 amide bonds. The van der Waals surface area contributed by atoms with E-state index in [9.17, 15) is 31.1 Å². The van der Waals surface area contributed by atoms with Crippen molar-refractivity contribution in [1.82, 2.24) is 20.1 Å². The molecule has 1 saturated heterocycles. The third kappa shape index (κ3) is 8.32. The van der Waals surface area contributed by atoms with Crippen molar-refractivity contribution in [3.63, 3.8) is 0 Å². The minimum absolute atomic E-state index is 0.0453. The fourth-order valence-electron chi connectivity index (χ4n) is 5.17. The van der Waals surface area contributed by atoms with Crippen LogP contribution in [0, 0.1) is 13.8 Å². The molecule has 0 radical (unpaired) electrons. The number of nitrogens with one attached hydrogen (secondary N) is 1. The second-order valence-corrected chi connectivity index (χ2v) is 10.8. The van der Waals surface area contributed by atoms with E-state index in [1.165, 1.54) is 4.90 Å². The van der Waals surface area contributed by atoms with E-state index in [-0.39, 0.29) is 12.6 Å². The van der Waals surface area contributed by atoms with Crippen LogP contribution >= 0.6 is 0 Å². The Labute approximate surface area is 241 Å².